The van der Waals surface area contributed by atoms with Crippen LogP contribution in [0.3, 0.4) is 0 Å². The summed E-state index contributed by atoms with van der Waals surface area (Å²) in [6.07, 6.45) is 7.16. The molecule has 0 radical (unpaired) electrons. The van der Waals surface area contributed by atoms with E-state index in [9.17, 15) is 9.59 Å². The highest BCUT2D eigenvalue weighted by Crippen LogP contribution is 2.29. The van der Waals surface area contributed by atoms with Crippen molar-refractivity contribution in [1.82, 2.24) is 19.6 Å². The number of aryl methyl sites for hydroxylation is 1. The molecule has 2 fully saturated rings. The molecule has 6 nitrogen and oxygen atoms in total. The first-order chi connectivity index (χ1) is 11.0. The van der Waals surface area contributed by atoms with E-state index >= 15 is 0 Å². The van der Waals surface area contributed by atoms with Gasteiger partial charge in [0.25, 0.3) is 0 Å². The Hall–Kier alpha value is -1.85. The van der Waals surface area contributed by atoms with Crippen LogP contribution in [0, 0.1) is 12.8 Å². The summed E-state index contributed by atoms with van der Waals surface area (Å²) < 4.78 is 1.67. The van der Waals surface area contributed by atoms with Crippen LogP contribution in [-0.4, -0.2) is 57.6 Å². The van der Waals surface area contributed by atoms with Gasteiger partial charge in [-0.1, -0.05) is 12.8 Å². The third kappa shape index (κ3) is 3.74. The molecule has 1 aliphatic carbocycles. The fourth-order valence-corrected chi connectivity index (χ4v) is 3.80. The summed E-state index contributed by atoms with van der Waals surface area (Å²) in [5.74, 6) is 0.571. The van der Waals surface area contributed by atoms with Crippen LogP contribution in [0.5, 0.6) is 0 Å². The van der Waals surface area contributed by atoms with Crippen LogP contribution in [0.15, 0.2) is 12.3 Å². The molecule has 0 aromatic carbocycles. The first kappa shape index (κ1) is 16.0. The molecule has 1 saturated carbocycles. The largest absolute Gasteiger partial charge is 0.344 e. The lowest BCUT2D eigenvalue weighted by atomic mass is 10.1. The summed E-state index contributed by atoms with van der Waals surface area (Å²) in [6.45, 7) is 3.62. The highest BCUT2D eigenvalue weighted by Gasteiger charge is 2.36. The maximum atomic E-state index is 12.3. The molecule has 0 N–H and O–H groups in total. The van der Waals surface area contributed by atoms with Crippen molar-refractivity contribution < 1.29 is 9.59 Å². The predicted molar refractivity (Wildman–Crippen MR) is 86.7 cm³/mol. The van der Waals surface area contributed by atoms with Crippen molar-refractivity contribution in [1.29, 1.82) is 0 Å². The van der Waals surface area contributed by atoms with Gasteiger partial charge < -0.3 is 9.80 Å². The Kier molecular flexibility index (Phi) is 4.68. The number of nitrogens with zero attached hydrogens (tertiary/aromatic N) is 4. The molecule has 0 spiro atoms. The van der Waals surface area contributed by atoms with E-state index in [-0.39, 0.29) is 24.3 Å². The van der Waals surface area contributed by atoms with Gasteiger partial charge in [0.2, 0.25) is 11.8 Å². The number of aromatic nitrogens is 2. The Balaban J connectivity index is 1.50. The molecule has 1 aromatic heterocycles. The molecular formula is C17H26N4O2. The van der Waals surface area contributed by atoms with Crippen molar-refractivity contribution >= 4 is 11.8 Å². The number of carbonyl (C=O) groups is 2. The minimum atomic E-state index is 0.0415. The Morgan fingerprint density at radius 3 is 2.78 bits per heavy atom. The zero-order valence-corrected chi connectivity index (χ0v) is 14.1. The summed E-state index contributed by atoms with van der Waals surface area (Å²) in [7, 11) is 1.82. The number of hydrogen-bond donors (Lipinski definition) is 0. The second-order valence-electron chi connectivity index (χ2n) is 6.98. The van der Waals surface area contributed by atoms with Crippen LogP contribution >= 0.6 is 0 Å². The van der Waals surface area contributed by atoms with Crippen molar-refractivity contribution in [2.45, 2.75) is 51.6 Å². The van der Waals surface area contributed by atoms with Crippen LogP contribution < -0.4 is 0 Å². The quantitative estimate of drug-likeness (QED) is 0.825. The maximum absolute atomic E-state index is 12.3. The van der Waals surface area contributed by atoms with Gasteiger partial charge in [0.05, 0.1) is 5.69 Å². The molecule has 6 heteroatoms. The first-order valence-corrected chi connectivity index (χ1v) is 8.56. The molecule has 2 amide bonds. The van der Waals surface area contributed by atoms with Crippen LogP contribution in [0.25, 0.3) is 0 Å². The lowest BCUT2D eigenvalue weighted by Gasteiger charge is -2.25. The minimum absolute atomic E-state index is 0.0415. The second kappa shape index (κ2) is 6.72. The molecule has 2 aliphatic rings. The Labute approximate surface area is 137 Å². The molecule has 23 heavy (non-hydrogen) atoms. The fraction of sp³-hybridized carbons (Fsp3) is 0.706. The highest BCUT2D eigenvalue weighted by molar-refractivity contribution is 5.79. The number of likely N-dealkylation sites (tertiary alicyclic amines) is 1. The fourth-order valence-electron chi connectivity index (χ4n) is 3.80. The zero-order chi connectivity index (χ0) is 16.4. The molecule has 0 unspecified atom stereocenters. The number of amides is 2. The summed E-state index contributed by atoms with van der Waals surface area (Å²) >= 11 is 0. The molecule has 1 atom stereocenters. The average molecular weight is 318 g/mol. The molecular weight excluding hydrogens is 292 g/mol. The van der Waals surface area contributed by atoms with Gasteiger partial charge in [-0.3, -0.25) is 14.3 Å². The Bertz CT molecular complexity index is 577. The average Bonchev–Trinajstić information content (AvgIpc) is 3.21. The standard InChI is InChI=1S/C17H26N4O2/c1-13-7-8-20(18-13)12-17(23)19(2)10-14-9-16(22)21(11-14)15-5-3-4-6-15/h7-8,14-15H,3-6,9-12H2,1-2H3/t14-/m1/s1. The minimum Gasteiger partial charge on any atom is -0.344 e. The highest BCUT2D eigenvalue weighted by atomic mass is 16.2. The van der Waals surface area contributed by atoms with Crippen LogP contribution in [0.1, 0.15) is 37.8 Å². The van der Waals surface area contributed by atoms with Crippen molar-refractivity contribution in [3.8, 4) is 0 Å². The molecule has 126 valence electrons. The number of rotatable bonds is 5. The van der Waals surface area contributed by atoms with Gasteiger partial charge in [-0.2, -0.15) is 5.10 Å². The van der Waals surface area contributed by atoms with E-state index in [2.05, 4.69) is 10.00 Å². The topological polar surface area (TPSA) is 58.4 Å². The van der Waals surface area contributed by atoms with Crippen molar-refractivity contribution in [2.24, 2.45) is 5.92 Å². The first-order valence-electron chi connectivity index (χ1n) is 8.56. The van der Waals surface area contributed by atoms with E-state index in [4.69, 9.17) is 0 Å². The lowest BCUT2D eigenvalue weighted by Crippen LogP contribution is -2.37. The van der Waals surface area contributed by atoms with Crippen LogP contribution in [-0.2, 0) is 16.1 Å². The van der Waals surface area contributed by atoms with Crippen molar-refractivity contribution in [3.63, 3.8) is 0 Å². The van der Waals surface area contributed by atoms with Crippen LogP contribution in [0.4, 0.5) is 0 Å². The number of likely N-dealkylation sites (N-methyl/N-ethyl adjacent to an activating group) is 1. The zero-order valence-electron chi connectivity index (χ0n) is 14.1. The molecule has 1 saturated heterocycles. The van der Waals surface area contributed by atoms with E-state index in [1.54, 1.807) is 9.58 Å². The summed E-state index contributed by atoms with van der Waals surface area (Å²) in [5.41, 5.74) is 0.911. The van der Waals surface area contributed by atoms with Gasteiger partial charge in [-0.05, 0) is 25.8 Å². The van der Waals surface area contributed by atoms with Gasteiger partial charge >= 0.3 is 0 Å². The third-order valence-electron chi connectivity index (χ3n) is 5.03. The summed E-state index contributed by atoms with van der Waals surface area (Å²) in [5, 5.41) is 4.25. The normalized spacial score (nSPS) is 22.1. The lowest BCUT2D eigenvalue weighted by molar-refractivity contribution is -0.132. The van der Waals surface area contributed by atoms with Crippen molar-refractivity contribution in [2.75, 3.05) is 20.1 Å². The van der Waals surface area contributed by atoms with Gasteiger partial charge in [-0.15, -0.1) is 0 Å². The molecule has 3 rings (SSSR count). The summed E-state index contributed by atoms with van der Waals surface area (Å²) in [6, 6.07) is 2.34. The Morgan fingerprint density at radius 1 is 1.39 bits per heavy atom. The third-order valence-corrected chi connectivity index (χ3v) is 5.03. The second-order valence-corrected chi connectivity index (χ2v) is 6.98. The van der Waals surface area contributed by atoms with Gasteiger partial charge in [0.1, 0.15) is 6.54 Å². The number of hydrogen-bond acceptors (Lipinski definition) is 3. The van der Waals surface area contributed by atoms with E-state index < -0.39 is 0 Å². The van der Waals surface area contributed by atoms with Gasteiger partial charge in [0.15, 0.2) is 0 Å². The van der Waals surface area contributed by atoms with Gasteiger partial charge in [-0.25, -0.2) is 0 Å². The molecule has 1 aliphatic heterocycles. The SMILES string of the molecule is Cc1ccn(CC(=O)N(C)C[C@H]2CC(=O)N(C3CCCC3)C2)n1. The van der Waals surface area contributed by atoms with Crippen LogP contribution in [0.2, 0.25) is 0 Å². The predicted octanol–water partition coefficient (Wildman–Crippen LogP) is 1.44. The van der Waals surface area contributed by atoms with E-state index in [0.29, 0.717) is 19.0 Å². The van der Waals surface area contributed by atoms with Crippen molar-refractivity contribution in [3.05, 3.63) is 18.0 Å². The maximum Gasteiger partial charge on any atom is 0.244 e. The van der Waals surface area contributed by atoms with E-state index in [0.717, 1.165) is 25.1 Å². The number of carbonyl (C=O) groups excluding carboxylic acids is 2. The van der Waals surface area contributed by atoms with Gasteiger partial charge in [0, 0.05) is 44.7 Å². The van der Waals surface area contributed by atoms with E-state index in [1.165, 1.54) is 12.8 Å². The molecule has 0 bridgehead atoms. The molecule has 1 aromatic rings. The molecule has 2 heterocycles. The smallest absolute Gasteiger partial charge is 0.244 e. The van der Waals surface area contributed by atoms with E-state index in [1.807, 2.05) is 26.2 Å². The monoisotopic (exact) mass is 318 g/mol. The Morgan fingerprint density at radius 2 is 2.13 bits per heavy atom. The summed E-state index contributed by atoms with van der Waals surface area (Å²) in [4.78, 5) is 28.3.